The second-order valence-corrected chi connectivity index (χ2v) is 15.6. The van der Waals surface area contributed by atoms with Crippen LogP contribution in [0.15, 0.2) is 208 Å². The number of benzene rings is 7. The number of nitrogen functional groups attached to an aromatic ring is 2. The Labute approximate surface area is 370 Å². The Balaban J connectivity index is 0.000000207. The molecule has 0 spiro atoms. The molecule has 11 nitrogen and oxygen atoms in total. The van der Waals surface area contributed by atoms with Crippen LogP contribution in [0.5, 0.6) is 0 Å². The van der Waals surface area contributed by atoms with Crippen LogP contribution in [0.3, 0.4) is 0 Å². The van der Waals surface area contributed by atoms with Crippen molar-refractivity contribution in [1.29, 1.82) is 0 Å². The number of hydrogen-bond donors (Lipinski definition) is 2. The van der Waals surface area contributed by atoms with E-state index in [0.29, 0.717) is 23.2 Å². The molecule has 7 rings (SSSR count). The molecule has 0 aliphatic carbocycles. The quantitative estimate of drug-likeness (QED) is 0.0528. The van der Waals surface area contributed by atoms with Crippen LogP contribution < -0.4 is 11.5 Å². The van der Waals surface area contributed by atoms with Gasteiger partial charge in [-0.15, -0.1) is 0 Å². The van der Waals surface area contributed by atoms with Crippen molar-refractivity contribution in [3.8, 4) is 0 Å². The van der Waals surface area contributed by atoms with Crippen LogP contribution in [0.2, 0.25) is 0 Å². The maximum absolute atomic E-state index is 12.2. The summed E-state index contributed by atoms with van der Waals surface area (Å²) in [6, 6.07) is 58.1. The zero-order chi connectivity index (χ0) is 45.1. The fraction of sp³-hybridized carbons (Fsp3) is 0.137. The Hall–Kier alpha value is -7.09. The lowest BCUT2D eigenvalue weighted by molar-refractivity contribution is -0.364. The summed E-state index contributed by atoms with van der Waals surface area (Å²) in [5, 5.41) is 0. The van der Waals surface area contributed by atoms with E-state index in [1.807, 2.05) is 115 Å². The van der Waals surface area contributed by atoms with Crippen molar-refractivity contribution in [3.05, 3.63) is 216 Å². The zero-order valence-electron chi connectivity index (χ0n) is 35.9. The number of nitrogens with two attached hydrogens (primary N) is 2. The number of ether oxygens (including phenoxy) is 5. The van der Waals surface area contributed by atoms with Gasteiger partial charge in [0.2, 0.25) is 21.6 Å². The van der Waals surface area contributed by atoms with Gasteiger partial charge in [0, 0.05) is 49.4 Å². The fourth-order valence-corrected chi connectivity index (χ4v) is 7.68. The normalized spacial score (nSPS) is 11.6. The molecule has 0 unspecified atom stereocenters. The average molecular weight is 865 g/mol. The van der Waals surface area contributed by atoms with Crippen LogP contribution in [0, 0.1) is 0 Å². The van der Waals surface area contributed by atoms with Crippen molar-refractivity contribution >= 4 is 44.4 Å². The van der Waals surface area contributed by atoms with E-state index < -0.39 is 15.8 Å². The number of methoxy groups -OCH3 is 5. The lowest BCUT2D eigenvalue weighted by Crippen LogP contribution is -2.32. The molecule has 7 aromatic carbocycles. The number of anilines is 2. The molecule has 0 saturated heterocycles. The van der Waals surface area contributed by atoms with E-state index in [0.717, 1.165) is 45.6 Å². The van der Waals surface area contributed by atoms with Crippen molar-refractivity contribution in [3.63, 3.8) is 0 Å². The number of rotatable bonds is 12. The number of sulfone groups is 1. The summed E-state index contributed by atoms with van der Waals surface area (Å²) >= 11 is 0. The van der Waals surface area contributed by atoms with Gasteiger partial charge >= 0.3 is 5.97 Å². The minimum Gasteiger partial charge on any atom is -0.481 e. The molecule has 4 N–H and O–H groups in total. The van der Waals surface area contributed by atoms with Crippen molar-refractivity contribution in [2.45, 2.75) is 22.2 Å². The first kappa shape index (κ1) is 47.0. The summed E-state index contributed by atoms with van der Waals surface area (Å²) in [7, 11) is 4.37. The molecule has 0 radical (unpaired) electrons. The van der Waals surface area contributed by atoms with Crippen molar-refractivity contribution in [2.75, 3.05) is 47.0 Å². The topological polar surface area (TPSA) is 157 Å². The van der Waals surface area contributed by atoms with E-state index in [4.69, 9.17) is 45.1 Å². The lowest BCUT2D eigenvalue weighted by Gasteiger charge is -2.28. The minimum absolute atomic E-state index is 0.170. The van der Waals surface area contributed by atoms with Gasteiger partial charge in [0.05, 0.1) is 35.4 Å². The average Bonchev–Trinajstić information content (AvgIpc) is 3.32. The molecule has 0 heterocycles. The van der Waals surface area contributed by atoms with E-state index in [2.05, 4.69) is 24.3 Å². The molecule has 0 aliphatic heterocycles. The number of nitrogens with zero attached hydrogens (tertiary/aromatic N) is 2. The van der Waals surface area contributed by atoms with Gasteiger partial charge in [0.1, 0.15) is 0 Å². The number of aliphatic imine (C=N–C) groups is 2. The van der Waals surface area contributed by atoms with Gasteiger partial charge in [-0.3, -0.25) is 0 Å². The third-order valence-electron chi connectivity index (χ3n) is 9.39. The fourth-order valence-electron chi connectivity index (χ4n) is 6.31. The minimum atomic E-state index is -3.54. The Morgan fingerprint density at radius 3 is 1.22 bits per heavy atom. The largest absolute Gasteiger partial charge is 0.481 e. The first-order chi connectivity index (χ1) is 30.5. The summed E-state index contributed by atoms with van der Waals surface area (Å²) in [4.78, 5) is 9.75. The molecular formula is C51H52N4O7S. The highest BCUT2D eigenvalue weighted by Crippen LogP contribution is 2.27. The van der Waals surface area contributed by atoms with Crippen LogP contribution in [-0.4, -0.2) is 55.8 Å². The van der Waals surface area contributed by atoms with Crippen LogP contribution in [-0.2, 0) is 45.9 Å². The highest BCUT2D eigenvalue weighted by atomic mass is 32.2. The predicted molar refractivity (Wildman–Crippen MR) is 251 cm³/mol. The maximum atomic E-state index is 12.2. The van der Waals surface area contributed by atoms with Gasteiger partial charge in [0.25, 0.3) is 0 Å². The van der Waals surface area contributed by atoms with E-state index in [1.165, 1.54) is 24.3 Å². The van der Waals surface area contributed by atoms with E-state index in [9.17, 15) is 8.42 Å². The van der Waals surface area contributed by atoms with Crippen LogP contribution in [0.25, 0.3) is 0 Å². The summed E-state index contributed by atoms with van der Waals surface area (Å²) in [5.41, 5.74) is 18.7. The lowest BCUT2D eigenvalue weighted by atomic mass is 10.0. The molecule has 7 aromatic rings. The predicted octanol–water partition coefficient (Wildman–Crippen LogP) is 10.1. The Kier molecular flexibility index (Phi) is 17.3. The smallest absolute Gasteiger partial charge is 0.311 e. The van der Waals surface area contributed by atoms with Crippen LogP contribution in [0.4, 0.5) is 22.7 Å². The van der Waals surface area contributed by atoms with Crippen LogP contribution in [0.1, 0.15) is 27.8 Å². The second-order valence-electron chi connectivity index (χ2n) is 13.7. The van der Waals surface area contributed by atoms with Gasteiger partial charge in [-0.05, 0) is 102 Å². The molecule has 0 atom stereocenters. The SMILES string of the molecule is COC(=Nc1cccc(Cc2cccc(N=C(OC)c3ccccc3)c2)c1)c1ccccc1.COC(OC)(OC)c1ccccc1.Nc1cccc(S(=O)(=O)c2cccc(N)c2)c1. The van der Waals surface area contributed by atoms with Gasteiger partial charge in [0.15, 0.2) is 0 Å². The highest BCUT2D eigenvalue weighted by Gasteiger charge is 2.31. The molecule has 63 heavy (non-hydrogen) atoms. The van der Waals surface area contributed by atoms with E-state index >= 15 is 0 Å². The molecule has 0 fully saturated rings. The third-order valence-corrected chi connectivity index (χ3v) is 11.1. The van der Waals surface area contributed by atoms with E-state index in [1.54, 1.807) is 59.8 Å². The first-order valence-corrected chi connectivity index (χ1v) is 21.2. The molecule has 0 aliphatic rings. The van der Waals surface area contributed by atoms with Crippen molar-refractivity contribution in [2.24, 2.45) is 9.98 Å². The van der Waals surface area contributed by atoms with Crippen molar-refractivity contribution in [1.82, 2.24) is 0 Å². The Bertz CT molecular complexity index is 2520. The van der Waals surface area contributed by atoms with Gasteiger partial charge < -0.3 is 35.2 Å². The molecule has 0 aromatic heterocycles. The second kappa shape index (κ2) is 23.2. The van der Waals surface area contributed by atoms with Crippen LogP contribution >= 0.6 is 0 Å². The van der Waals surface area contributed by atoms with Gasteiger partial charge in [-0.25, -0.2) is 18.4 Å². The number of hydrogen-bond acceptors (Lipinski definition) is 11. The highest BCUT2D eigenvalue weighted by molar-refractivity contribution is 7.91. The summed E-state index contributed by atoms with van der Waals surface area (Å²) in [6.45, 7) is 0. The van der Waals surface area contributed by atoms with Gasteiger partial charge in [-0.2, -0.15) is 0 Å². The summed E-state index contributed by atoms with van der Waals surface area (Å²) in [5.74, 6) is 0.107. The summed E-state index contributed by atoms with van der Waals surface area (Å²) in [6.07, 6.45) is 0.772. The molecule has 0 saturated carbocycles. The van der Waals surface area contributed by atoms with Gasteiger partial charge in [-0.1, -0.05) is 103 Å². The maximum Gasteiger partial charge on any atom is 0.311 e. The first-order valence-electron chi connectivity index (χ1n) is 19.7. The Morgan fingerprint density at radius 1 is 0.476 bits per heavy atom. The molecule has 12 heteroatoms. The Morgan fingerprint density at radius 2 is 0.857 bits per heavy atom. The standard InChI is InChI=1S/C29H26N2O2.C12H12N2O2S.C10H14O3/c1-32-28(24-13-5-3-6-14-24)30-26-17-9-11-22(20-26)19-23-12-10-18-27(21-23)31-29(33-2)25-15-7-4-8-16-25;13-9-3-1-5-11(7-9)17(15,16)12-6-2-4-10(14)8-12;1-11-10(12-2,13-3)9-7-5-4-6-8-9/h3-18,20-21H,19H2,1-2H3;1-8H,13-14H2;4-8H,1-3H3. The molecule has 0 bridgehead atoms. The zero-order valence-corrected chi connectivity index (χ0v) is 36.7. The molecular weight excluding hydrogens is 813 g/mol. The monoisotopic (exact) mass is 864 g/mol. The molecule has 324 valence electrons. The third kappa shape index (κ3) is 13.2. The van der Waals surface area contributed by atoms with E-state index in [-0.39, 0.29) is 9.79 Å². The van der Waals surface area contributed by atoms with Crippen molar-refractivity contribution < 1.29 is 32.1 Å². The summed E-state index contributed by atoms with van der Waals surface area (Å²) < 4.78 is 51.0. The molecule has 0 amide bonds.